The van der Waals surface area contributed by atoms with Gasteiger partial charge in [0.15, 0.2) is 0 Å². The maximum absolute atomic E-state index is 3.58. The maximum atomic E-state index is 3.58. The van der Waals surface area contributed by atoms with E-state index in [0.717, 1.165) is 5.92 Å². The topological polar surface area (TPSA) is 12.0 Å². The number of hydrogen-bond donors (Lipinski definition) is 1. The summed E-state index contributed by atoms with van der Waals surface area (Å²) in [5.74, 6) is 0.944. The van der Waals surface area contributed by atoms with E-state index < -0.39 is 0 Å². The molecule has 1 N–H and O–H groups in total. The maximum Gasteiger partial charge on any atom is 0.0303 e. The van der Waals surface area contributed by atoms with E-state index in [1.54, 1.807) is 0 Å². The third-order valence-electron chi connectivity index (χ3n) is 2.78. The fourth-order valence-corrected chi connectivity index (χ4v) is 2.23. The van der Waals surface area contributed by atoms with Crippen LogP contribution in [0.25, 0.3) is 0 Å². The quantitative estimate of drug-likeness (QED) is 0.866. The highest BCUT2D eigenvalue weighted by Crippen LogP contribution is 2.29. The molecule has 1 atom stereocenters. The monoisotopic (exact) mass is 253 g/mol. The van der Waals surface area contributed by atoms with Crippen LogP contribution in [0.1, 0.15) is 31.4 Å². The second-order valence-corrected chi connectivity index (χ2v) is 4.95. The van der Waals surface area contributed by atoms with Crippen molar-refractivity contribution >= 4 is 15.9 Å². The Balaban J connectivity index is 1.95. The van der Waals surface area contributed by atoms with E-state index >= 15 is 0 Å². The van der Waals surface area contributed by atoms with Gasteiger partial charge in [0.2, 0.25) is 0 Å². The summed E-state index contributed by atoms with van der Waals surface area (Å²) in [7, 11) is 0. The molecule has 0 aliphatic heterocycles. The van der Waals surface area contributed by atoms with Gasteiger partial charge in [0.05, 0.1) is 0 Å². The van der Waals surface area contributed by atoms with Gasteiger partial charge in [-0.15, -0.1) is 0 Å². The lowest BCUT2D eigenvalue weighted by Gasteiger charge is -2.15. The van der Waals surface area contributed by atoms with Crippen molar-refractivity contribution in [1.82, 2.24) is 5.32 Å². The molecule has 0 heterocycles. The van der Waals surface area contributed by atoms with Gasteiger partial charge in [-0.05, 0) is 43.9 Å². The second-order valence-electron chi connectivity index (χ2n) is 4.09. The smallest absolute Gasteiger partial charge is 0.0303 e. The zero-order chi connectivity index (χ0) is 9.97. The van der Waals surface area contributed by atoms with Crippen LogP contribution in [0.4, 0.5) is 0 Å². The number of rotatable bonds is 4. The third kappa shape index (κ3) is 2.58. The summed E-state index contributed by atoms with van der Waals surface area (Å²) in [5.41, 5.74) is 1.35. The van der Waals surface area contributed by atoms with E-state index in [9.17, 15) is 0 Å². The van der Waals surface area contributed by atoms with E-state index in [-0.39, 0.29) is 0 Å². The van der Waals surface area contributed by atoms with Crippen molar-refractivity contribution in [2.45, 2.75) is 25.8 Å². The van der Waals surface area contributed by atoms with Gasteiger partial charge in [-0.1, -0.05) is 34.1 Å². The first-order valence-corrected chi connectivity index (χ1v) is 6.04. The largest absolute Gasteiger partial charge is 0.310 e. The molecule has 76 valence electrons. The summed E-state index contributed by atoms with van der Waals surface area (Å²) < 4.78 is 1.20. The first-order chi connectivity index (χ1) is 6.77. The van der Waals surface area contributed by atoms with E-state index in [2.05, 4.69) is 52.4 Å². The normalized spacial score (nSPS) is 18.1. The molecular weight excluding hydrogens is 238 g/mol. The molecule has 2 heteroatoms. The SMILES string of the molecule is CC(NCC1CC1)c1ccccc1Br. The minimum atomic E-state index is 0.450. The predicted octanol–water partition coefficient (Wildman–Crippen LogP) is 3.51. The molecular formula is C12H16BrN. The lowest BCUT2D eigenvalue weighted by molar-refractivity contribution is 0.547. The van der Waals surface area contributed by atoms with Gasteiger partial charge < -0.3 is 5.32 Å². The Hall–Kier alpha value is -0.340. The summed E-state index contributed by atoms with van der Waals surface area (Å²) in [5, 5.41) is 3.57. The van der Waals surface area contributed by atoms with E-state index in [4.69, 9.17) is 0 Å². The summed E-state index contributed by atoms with van der Waals surface area (Å²) in [6.45, 7) is 3.39. The molecule has 14 heavy (non-hydrogen) atoms. The first-order valence-electron chi connectivity index (χ1n) is 5.25. The van der Waals surface area contributed by atoms with Gasteiger partial charge in [0.1, 0.15) is 0 Å². The highest BCUT2D eigenvalue weighted by molar-refractivity contribution is 9.10. The zero-order valence-corrected chi connectivity index (χ0v) is 10.0. The standard InChI is InChI=1S/C12H16BrN/c1-9(14-8-10-6-7-10)11-4-2-3-5-12(11)13/h2-5,9-10,14H,6-8H2,1H3. The molecule has 1 saturated carbocycles. The minimum Gasteiger partial charge on any atom is -0.310 e. The Morgan fingerprint density at radius 1 is 1.43 bits per heavy atom. The van der Waals surface area contributed by atoms with Gasteiger partial charge in [0, 0.05) is 10.5 Å². The van der Waals surface area contributed by atoms with Gasteiger partial charge in [-0.2, -0.15) is 0 Å². The molecule has 0 aromatic heterocycles. The molecule has 1 fully saturated rings. The number of hydrogen-bond acceptors (Lipinski definition) is 1. The molecule has 0 bridgehead atoms. The van der Waals surface area contributed by atoms with Crippen molar-refractivity contribution < 1.29 is 0 Å². The van der Waals surface area contributed by atoms with Gasteiger partial charge in [-0.3, -0.25) is 0 Å². The Labute approximate surface area is 94.0 Å². The zero-order valence-electron chi connectivity index (χ0n) is 8.46. The number of halogens is 1. The average molecular weight is 254 g/mol. The van der Waals surface area contributed by atoms with Crippen LogP contribution in [0.5, 0.6) is 0 Å². The van der Waals surface area contributed by atoms with Crippen molar-refractivity contribution in [1.29, 1.82) is 0 Å². The Bertz CT molecular complexity index is 307. The van der Waals surface area contributed by atoms with Crippen LogP contribution in [0.15, 0.2) is 28.7 Å². The van der Waals surface area contributed by atoms with Crippen LogP contribution in [0.3, 0.4) is 0 Å². The number of benzene rings is 1. The summed E-state index contributed by atoms with van der Waals surface area (Å²) in [4.78, 5) is 0. The Morgan fingerprint density at radius 3 is 2.79 bits per heavy atom. The van der Waals surface area contributed by atoms with Crippen LogP contribution in [-0.4, -0.2) is 6.54 Å². The van der Waals surface area contributed by atoms with Crippen molar-refractivity contribution in [3.05, 3.63) is 34.3 Å². The van der Waals surface area contributed by atoms with Crippen molar-refractivity contribution in [2.75, 3.05) is 6.54 Å². The van der Waals surface area contributed by atoms with Crippen molar-refractivity contribution in [3.63, 3.8) is 0 Å². The highest BCUT2D eigenvalue weighted by atomic mass is 79.9. The summed E-state index contributed by atoms with van der Waals surface area (Å²) >= 11 is 3.58. The third-order valence-corrected chi connectivity index (χ3v) is 3.50. The number of nitrogens with one attached hydrogen (secondary N) is 1. The molecule has 1 nitrogen and oxygen atoms in total. The van der Waals surface area contributed by atoms with Crippen molar-refractivity contribution in [3.8, 4) is 0 Å². The van der Waals surface area contributed by atoms with Gasteiger partial charge in [-0.25, -0.2) is 0 Å². The van der Waals surface area contributed by atoms with Crippen molar-refractivity contribution in [2.24, 2.45) is 5.92 Å². The van der Waals surface area contributed by atoms with E-state index in [0.29, 0.717) is 6.04 Å². The molecule has 1 unspecified atom stereocenters. The van der Waals surface area contributed by atoms with Crippen LogP contribution in [-0.2, 0) is 0 Å². The molecule has 1 aromatic rings. The van der Waals surface area contributed by atoms with Crippen LogP contribution < -0.4 is 5.32 Å². The Morgan fingerprint density at radius 2 is 2.14 bits per heavy atom. The first kappa shape index (κ1) is 10.2. The molecule has 1 aliphatic carbocycles. The molecule has 0 spiro atoms. The van der Waals surface area contributed by atoms with E-state index in [1.165, 1.54) is 29.4 Å². The van der Waals surface area contributed by atoms with Gasteiger partial charge in [0.25, 0.3) is 0 Å². The molecule has 1 aromatic carbocycles. The van der Waals surface area contributed by atoms with E-state index in [1.807, 2.05) is 0 Å². The van der Waals surface area contributed by atoms with Crippen LogP contribution in [0, 0.1) is 5.92 Å². The molecule has 0 saturated heterocycles. The summed E-state index contributed by atoms with van der Waals surface area (Å²) in [6, 6.07) is 8.88. The summed E-state index contributed by atoms with van der Waals surface area (Å²) in [6.07, 6.45) is 2.82. The Kier molecular flexibility index (Phi) is 3.24. The highest BCUT2D eigenvalue weighted by Gasteiger charge is 2.21. The molecule has 1 aliphatic rings. The second kappa shape index (κ2) is 4.45. The lowest BCUT2D eigenvalue weighted by Crippen LogP contribution is -2.21. The van der Waals surface area contributed by atoms with Crippen LogP contribution in [0.2, 0.25) is 0 Å². The van der Waals surface area contributed by atoms with Gasteiger partial charge >= 0.3 is 0 Å². The molecule has 0 radical (unpaired) electrons. The van der Waals surface area contributed by atoms with Crippen LogP contribution >= 0.6 is 15.9 Å². The molecule has 0 amide bonds. The fraction of sp³-hybridized carbons (Fsp3) is 0.500. The fourth-order valence-electron chi connectivity index (χ4n) is 1.60. The lowest BCUT2D eigenvalue weighted by atomic mass is 10.1. The molecule has 2 rings (SSSR count). The average Bonchev–Trinajstić information content (AvgIpc) is 2.98. The minimum absolute atomic E-state index is 0.450. The predicted molar refractivity (Wildman–Crippen MR) is 63.3 cm³/mol.